The van der Waals surface area contributed by atoms with Gasteiger partial charge >= 0.3 is 6.09 Å². The van der Waals surface area contributed by atoms with Crippen molar-refractivity contribution >= 4 is 12.1 Å². The molecule has 29 heavy (non-hydrogen) atoms. The molecule has 2 aliphatic heterocycles. The zero-order valence-corrected chi connectivity index (χ0v) is 17.2. The maximum atomic E-state index is 12.6. The predicted octanol–water partition coefficient (Wildman–Crippen LogP) is 2.87. The van der Waals surface area contributed by atoms with Crippen LogP contribution in [-0.4, -0.2) is 58.7 Å². The monoisotopic (exact) mass is 404 g/mol. The van der Waals surface area contributed by atoms with Crippen molar-refractivity contribution in [3.63, 3.8) is 0 Å². The molecule has 1 aromatic carbocycles. The maximum absolute atomic E-state index is 12.6. The molecule has 3 rings (SSSR count). The van der Waals surface area contributed by atoms with Gasteiger partial charge in [0.05, 0.1) is 18.8 Å². The Hall–Kier alpha value is -2.68. The van der Waals surface area contributed by atoms with Gasteiger partial charge in [0.2, 0.25) is 0 Å². The Morgan fingerprint density at radius 1 is 1.31 bits per heavy atom. The van der Waals surface area contributed by atoms with E-state index in [9.17, 15) is 14.9 Å². The van der Waals surface area contributed by atoms with E-state index in [1.54, 1.807) is 4.90 Å². The highest BCUT2D eigenvalue weighted by Crippen LogP contribution is 2.30. The molecule has 0 bridgehead atoms. The largest absolute Gasteiger partial charge is 0.444 e. The van der Waals surface area contributed by atoms with E-state index < -0.39 is 11.1 Å². The van der Waals surface area contributed by atoms with Crippen LogP contribution in [0.5, 0.6) is 0 Å². The normalized spacial score (nSPS) is 22.3. The molecular weight excluding hydrogens is 376 g/mol. The molecule has 1 atom stereocenters. The van der Waals surface area contributed by atoms with E-state index in [-0.39, 0.29) is 24.1 Å². The van der Waals surface area contributed by atoms with Crippen LogP contribution in [-0.2, 0) is 22.5 Å². The highest BCUT2D eigenvalue weighted by atomic mass is 16.7. The predicted molar refractivity (Wildman–Crippen MR) is 107 cm³/mol. The van der Waals surface area contributed by atoms with Gasteiger partial charge < -0.3 is 14.4 Å². The van der Waals surface area contributed by atoms with Gasteiger partial charge in [0.25, 0.3) is 5.96 Å². The average molecular weight is 404 g/mol. The average Bonchev–Trinajstić information content (AvgIpc) is 3.22. The third kappa shape index (κ3) is 5.44. The second kappa shape index (κ2) is 8.77. The van der Waals surface area contributed by atoms with Gasteiger partial charge in [0, 0.05) is 19.0 Å². The molecule has 1 aromatic rings. The van der Waals surface area contributed by atoms with Crippen LogP contribution < -0.4 is 0 Å². The minimum Gasteiger partial charge on any atom is -0.444 e. The van der Waals surface area contributed by atoms with Gasteiger partial charge in [0.15, 0.2) is 5.03 Å². The first kappa shape index (κ1) is 21.0. The number of hydrogen-bond acceptors (Lipinski definition) is 5. The van der Waals surface area contributed by atoms with Crippen molar-refractivity contribution in [1.82, 2.24) is 9.80 Å². The van der Waals surface area contributed by atoms with E-state index in [0.717, 1.165) is 18.4 Å². The molecule has 9 heteroatoms. The maximum Gasteiger partial charge on any atom is 0.417 e. The Bertz CT molecular complexity index is 778. The number of nitro groups is 1. The van der Waals surface area contributed by atoms with Gasteiger partial charge in [-0.3, -0.25) is 0 Å². The van der Waals surface area contributed by atoms with Crippen LogP contribution >= 0.6 is 0 Å². The third-order valence-corrected chi connectivity index (χ3v) is 5.27. The summed E-state index contributed by atoms with van der Waals surface area (Å²) in [6, 6.07) is 7.81. The lowest BCUT2D eigenvalue weighted by molar-refractivity contribution is -0.486. The summed E-state index contributed by atoms with van der Waals surface area (Å²) >= 11 is 0. The summed E-state index contributed by atoms with van der Waals surface area (Å²) in [7, 11) is 0. The molecule has 2 fully saturated rings. The second-order valence-corrected chi connectivity index (χ2v) is 8.10. The van der Waals surface area contributed by atoms with Crippen LogP contribution in [0.3, 0.4) is 0 Å². The van der Waals surface area contributed by atoms with Crippen molar-refractivity contribution in [2.45, 2.75) is 45.8 Å². The van der Waals surface area contributed by atoms with Crippen LogP contribution in [0.25, 0.3) is 0 Å². The van der Waals surface area contributed by atoms with E-state index >= 15 is 0 Å². The zero-order valence-electron chi connectivity index (χ0n) is 17.2. The molecule has 158 valence electrons. The molecule has 0 N–H and O–H groups in total. The first-order chi connectivity index (χ1) is 13.8. The summed E-state index contributed by atoms with van der Waals surface area (Å²) in [5.41, 5.74) is 1.87. The molecule has 0 radical (unpaired) electrons. The number of hydrazone groups is 1. The summed E-state index contributed by atoms with van der Waals surface area (Å²) in [4.78, 5) is 26.6. The number of hydrogen-bond donors (Lipinski definition) is 0. The molecule has 1 unspecified atom stereocenters. The van der Waals surface area contributed by atoms with Crippen molar-refractivity contribution in [1.29, 1.82) is 0 Å². The van der Waals surface area contributed by atoms with Gasteiger partial charge in [-0.1, -0.05) is 31.2 Å². The number of amides is 1. The fraction of sp³-hybridized carbons (Fsp3) is 0.600. The van der Waals surface area contributed by atoms with Gasteiger partial charge in [0.1, 0.15) is 11.7 Å². The van der Waals surface area contributed by atoms with Gasteiger partial charge in [-0.15, -0.1) is 0 Å². The highest BCUT2D eigenvalue weighted by molar-refractivity contribution is 5.95. The molecule has 0 saturated carbocycles. The van der Waals surface area contributed by atoms with Crippen LogP contribution in [0.4, 0.5) is 4.79 Å². The second-order valence-electron chi connectivity index (χ2n) is 8.10. The molecule has 2 aliphatic rings. The van der Waals surface area contributed by atoms with E-state index in [4.69, 9.17) is 9.47 Å². The Balaban J connectivity index is 1.62. The SMILES string of the molecule is CCc1ccc(COC(=O)N2CCN(CC3COC(C)(C)C3)C2=N[N+](=O)[O-])cc1. The van der Waals surface area contributed by atoms with Crippen molar-refractivity contribution in [2.24, 2.45) is 11.0 Å². The minimum atomic E-state index is -0.771. The number of carbonyl (C=O) groups excluding carboxylic acids is 1. The van der Waals surface area contributed by atoms with Crippen molar-refractivity contribution in [3.05, 3.63) is 45.5 Å². The van der Waals surface area contributed by atoms with Gasteiger partial charge in [-0.25, -0.2) is 19.8 Å². The van der Waals surface area contributed by atoms with Crippen molar-refractivity contribution in [3.8, 4) is 0 Å². The van der Waals surface area contributed by atoms with Crippen LogP contribution in [0.1, 0.15) is 38.3 Å². The number of nitrogens with zero attached hydrogens (tertiary/aromatic N) is 4. The summed E-state index contributed by atoms with van der Waals surface area (Å²) in [6.07, 6.45) is 1.16. The summed E-state index contributed by atoms with van der Waals surface area (Å²) in [5, 5.41) is 13.7. The number of guanidine groups is 1. The van der Waals surface area contributed by atoms with E-state index in [1.807, 2.05) is 38.1 Å². The fourth-order valence-corrected chi connectivity index (χ4v) is 3.81. The highest BCUT2D eigenvalue weighted by Gasteiger charge is 2.39. The molecule has 2 heterocycles. The standard InChI is InChI=1S/C20H28N4O5/c1-4-15-5-7-16(8-6-15)13-28-19(25)23-10-9-22(18(23)21-24(26)27)12-17-11-20(2,3)29-14-17/h5-8,17H,4,9-14H2,1-3H3. The lowest BCUT2D eigenvalue weighted by Gasteiger charge is -2.22. The van der Waals surface area contributed by atoms with E-state index in [0.29, 0.717) is 26.2 Å². The lowest BCUT2D eigenvalue weighted by Crippen LogP contribution is -2.40. The number of rotatable bonds is 6. The van der Waals surface area contributed by atoms with Crippen molar-refractivity contribution < 1.29 is 19.3 Å². The lowest BCUT2D eigenvalue weighted by atomic mass is 9.97. The Morgan fingerprint density at radius 3 is 2.59 bits per heavy atom. The van der Waals surface area contributed by atoms with E-state index in [1.165, 1.54) is 10.5 Å². The molecular formula is C20H28N4O5. The van der Waals surface area contributed by atoms with Gasteiger partial charge in [-0.2, -0.15) is 0 Å². The Kier molecular flexibility index (Phi) is 6.36. The number of aryl methyl sites for hydroxylation is 1. The first-order valence-electron chi connectivity index (χ1n) is 9.91. The topological polar surface area (TPSA) is 97.5 Å². The van der Waals surface area contributed by atoms with Crippen molar-refractivity contribution in [2.75, 3.05) is 26.2 Å². The number of carbonyl (C=O) groups is 1. The number of benzene rings is 1. The first-order valence-corrected chi connectivity index (χ1v) is 9.91. The smallest absolute Gasteiger partial charge is 0.417 e. The quantitative estimate of drug-likeness (QED) is 0.534. The summed E-state index contributed by atoms with van der Waals surface area (Å²) < 4.78 is 11.1. The molecule has 2 saturated heterocycles. The zero-order chi connectivity index (χ0) is 21.0. The number of ether oxygens (including phenoxy) is 2. The third-order valence-electron chi connectivity index (χ3n) is 5.27. The Morgan fingerprint density at radius 2 is 2.00 bits per heavy atom. The summed E-state index contributed by atoms with van der Waals surface area (Å²) in [6.45, 7) is 8.16. The van der Waals surface area contributed by atoms with Gasteiger partial charge in [-0.05, 0) is 37.8 Å². The van der Waals surface area contributed by atoms with Crippen LogP contribution in [0.15, 0.2) is 29.4 Å². The molecule has 0 aliphatic carbocycles. The van der Waals surface area contributed by atoms with Crippen LogP contribution in [0, 0.1) is 16.0 Å². The fourth-order valence-electron chi connectivity index (χ4n) is 3.81. The summed E-state index contributed by atoms with van der Waals surface area (Å²) in [5.74, 6) is 0.265. The molecule has 0 aromatic heterocycles. The minimum absolute atomic E-state index is 0.0334. The molecule has 0 spiro atoms. The van der Waals surface area contributed by atoms with Crippen LogP contribution in [0.2, 0.25) is 0 Å². The molecule has 1 amide bonds. The Labute approximate surface area is 170 Å². The molecule has 9 nitrogen and oxygen atoms in total. The van der Waals surface area contributed by atoms with E-state index in [2.05, 4.69) is 12.0 Å².